The average molecular weight is 365 g/mol. The molecule has 0 spiro atoms. The van der Waals surface area contributed by atoms with E-state index in [0.717, 1.165) is 7.11 Å². The van der Waals surface area contributed by atoms with E-state index in [0.29, 0.717) is 0 Å². The molecule has 0 saturated heterocycles. The van der Waals surface area contributed by atoms with Gasteiger partial charge in [0.2, 0.25) is 3.79 Å². The molecule has 0 aromatic carbocycles. The number of carbonyl (C=O) groups is 2. The fourth-order valence-corrected chi connectivity index (χ4v) is 1.74. The van der Waals surface area contributed by atoms with Crippen molar-refractivity contribution in [3.05, 3.63) is 11.5 Å². The van der Waals surface area contributed by atoms with Crippen molar-refractivity contribution in [3.8, 4) is 0 Å². The van der Waals surface area contributed by atoms with Crippen molar-refractivity contribution >= 4 is 46.9 Å². The Kier molecular flexibility index (Phi) is 8.61. The molecule has 0 heterocycles. The van der Waals surface area contributed by atoms with Gasteiger partial charge in [0.25, 0.3) is 5.95 Å². The first-order valence-electron chi connectivity index (χ1n) is 5.83. The number of hydrogen-bond acceptors (Lipinski definition) is 6. The van der Waals surface area contributed by atoms with Gasteiger partial charge in [-0.2, -0.15) is 0 Å². The van der Waals surface area contributed by atoms with E-state index >= 15 is 0 Å². The summed E-state index contributed by atoms with van der Waals surface area (Å²) in [7, 11) is 1.08. The molecule has 0 aliphatic carbocycles. The van der Waals surface area contributed by atoms with Gasteiger partial charge in [0.15, 0.2) is 0 Å². The summed E-state index contributed by atoms with van der Waals surface area (Å²) in [6.45, 7) is 3.16. The Morgan fingerprint density at radius 3 is 2.10 bits per heavy atom. The van der Waals surface area contributed by atoms with E-state index in [4.69, 9.17) is 44.3 Å². The second-order valence-corrected chi connectivity index (χ2v) is 5.85. The molecule has 1 unspecified atom stereocenters. The molecule has 0 aromatic heterocycles. The van der Waals surface area contributed by atoms with Gasteiger partial charge >= 0.3 is 12.1 Å². The number of ether oxygens (including phenoxy) is 3. The number of aliphatic hydroxyl groups excluding tert-OH is 1. The molecule has 0 aliphatic heterocycles. The smallest absolute Gasteiger partial charge is 0.407 e. The van der Waals surface area contributed by atoms with E-state index in [9.17, 15) is 14.7 Å². The van der Waals surface area contributed by atoms with Gasteiger partial charge in [-0.1, -0.05) is 34.8 Å². The topological polar surface area (TPSA) is 94.1 Å². The first kappa shape index (κ1) is 19.9. The summed E-state index contributed by atoms with van der Waals surface area (Å²) in [6.07, 6.45) is -0.975. The molecule has 122 valence electrons. The molecule has 0 bridgehead atoms. The van der Waals surface area contributed by atoms with Crippen molar-refractivity contribution in [1.29, 1.82) is 0 Å². The summed E-state index contributed by atoms with van der Waals surface area (Å²) in [5, 5.41) is 11.9. The predicted molar refractivity (Wildman–Crippen MR) is 77.5 cm³/mol. The third-order valence-corrected chi connectivity index (χ3v) is 2.73. The SMILES string of the molecule is CCOC(=O)/C(=C(\O)OCC)C(NC(=O)OC)C(Cl)(Cl)Cl. The van der Waals surface area contributed by atoms with Crippen molar-refractivity contribution < 1.29 is 28.9 Å². The highest BCUT2D eigenvalue weighted by atomic mass is 35.6. The highest BCUT2D eigenvalue weighted by molar-refractivity contribution is 6.68. The molecular formula is C11H16Cl3NO6. The quantitative estimate of drug-likeness (QED) is 0.325. The summed E-state index contributed by atoms with van der Waals surface area (Å²) >= 11 is 17.2. The van der Waals surface area contributed by atoms with E-state index < -0.39 is 33.4 Å². The summed E-state index contributed by atoms with van der Waals surface area (Å²) in [4.78, 5) is 23.3. The molecule has 7 nitrogen and oxygen atoms in total. The van der Waals surface area contributed by atoms with Crippen molar-refractivity contribution in [3.63, 3.8) is 0 Å². The third kappa shape index (κ3) is 6.50. The van der Waals surface area contributed by atoms with Crippen LogP contribution in [0.4, 0.5) is 4.79 Å². The number of amides is 1. The number of nitrogens with one attached hydrogen (secondary N) is 1. The van der Waals surface area contributed by atoms with Crippen LogP contribution in [0.25, 0.3) is 0 Å². The van der Waals surface area contributed by atoms with E-state index in [1.54, 1.807) is 13.8 Å². The molecule has 0 fully saturated rings. The molecule has 1 atom stereocenters. The zero-order valence-electron chi connectivity index (χ0n) is 11.6. The number of halogens is 3. The van der Waals surface area contributed by atoms with E-state index in [1.807, 2.05) is 0 Å². The van der Waals surface area contributed by atoms with E-state index in [1.165, 1.54) is 0 Å². The number of carbonyl (C=O) groups excluding carboxylic acids is 2. The van der Waals surface area contributed by atoms with Crippen LogP contribution in [0.3, 0.4) is 0 Å². The first-order valence-corrected chi connectivity index (χ1v) is 6.96. The number of alkyl carbamates (subject to hydrolysis) is 1. The minimum atomic E-state index is -2.17. The predicted octanol–water partition coefficient (Wildman–Crippen LogP) is 2.45. The first-order chi connectivity index (χ1) is 9.68. The molecule has 0 radical (unpaired) electrons. The maximum absolute atomic E-state index is 11.9. The Morgan fingerprint density at radius 1 is 1.19 bits per heavy atom. The minimum absolute atomic E-state index is 0.00649. The zero-order valence-corrected chi connectivity index (χ0v) is 13.9. The molecule has 21 heavy (non-hydrogen) atoms. The second kappa shape index (κ2) is 9.07. The van der Waals surface area contributed by atoms with Crippen molar-refractivity contribution in [2.24, 2.45) is 0 Å². The normalized spacial score (nSPS) is 13.8. The Morgan fingerprint density at radius 2 is 1.71 bits per heavy atom. The Balaban J connectivity index is 5.73. The van der Waals surface area contributed by atoms with Crippen LogP contribution in [0.2, 0.25) is 0 Å². The molecule has 0 saturated carbocycles. The van der Waals surface area contributed by atoms with Gasteiger partial charge in [0.1, 0.15) is 11.6 Å². The molecule has 0 aromatic rings. The number of hydrogen-bond donors (Lipinski definition) is 2. The number of esters is 1. The molecule has 10 heteroatoms. The number of methoxy groups -OCH3 is 1. The fourth-order valence-electron chi connectivity index (χ4n) is 1.25. The molecule has 1 amide bonds. The standard InChI is InChI=1S/C11H16Cl3NO6/c1-4-20-8(16)6(9(17)21-5-2)7(11(12,13)14)15-10(18)19-3/h7,16H,4-5H2,1-3H3,(H,15,18)/b8-6+. The Labute approximate surface area is 137 Å². The van der Waals surface area contributed by atoms with Gasteiger partial charge in [0, 0.05) is 0 Å². The van der Waals surface area contributed by atoms with Gasteiger partial charge in [-0.3, -0.25) is 0 Å². The minimum Gasteiger partial charge on any atom is -0.481 e. The number of rotatable bonds is 6. The lowest BCUT2D eigenvalue weighted by molar-refractivity contribution is -0.139. The summed E-state index contributed by atoms with van der Waals surface area (Å²) in [5.41, 5.74) is -0.538. The van der Waals surface area contributed by atoms with Crippen LogP contribution in [0.1, 0.15) is 13.8 Å². The van der Waals surface area contributed by atoms with Crippen LogP contribution < -0.4 is 5.32 Å². The Bertz CT molecular complexity index is 407. The summed E-state index contributed by atoms with van der Waals surface area (Å²) in [5.74, 6) is -1.82. The van der Waals surface area contributed by atoms with Gasteiger partial charge in [-0.25, -0.2) is 9.59 Å². The van der Waals surface area contributed by atoms with Crippen molar-refractivity contribution in [2.45, 2.75) is 23.7 Å². The third-order valence-electron chi connectivity index (χ3n) is 2.07. The summed E-state index contributed by atoms with van der Waals surface area (Å²) < 4.78 is 11.8. The summed E-state index contributed by atoms with van der Waals surface area (Å²) in [6, 6.07) is -1.54. The Hall–Kier alpha value is -1.05. The van der Waals surface area contributed by atoms with Crippen LogP contribution in [0.15, 0.2) is 11.5 Å². The van der Waals surface area contributed by atoms with Gasteiger partial charge in [-0.05, 0) is 13.8 Å². The van der Waals surface area contributed by atoms with Gasteiger partial charge in [-0.15, -0.1) is 0 Å². The van der Waals surface area contributed by atoms with Gasteiger partial charge in [0.05, 0.1) is 20.3 Å². The lowest BCUT2D eigenvalue weighted by Gasteiger charge is -2.26. The lowest BCUT2D eigenvalue weighted by atomic mass is 10.1. The highest BCUT2D eigenvalue weighted by Gasteiger charge is 2.43. The maximum atomic E-state index is 11.9. The largest absolute Gasteiger partial charge is 0.481 e. The zero-order chi connectivity index (χ0) is 16.6. The monoisotopic (exact) mass is 363 g/mol. The lowest BCUT2D eigenvalue weighted by Crippen LogP contribution is -2.47. The van der Waals surface area contributed by atoms with Crippen LogP contribution in [0, 0.1) is 0 Å². The van der Waals surface area contributed by atoms with Crippen LogP contribution in [0.5, 0.6) is 0 Å². The number of alkyl halides is 3. The van der Waals surface area contributed by atoms with Gasteiger partial charge < -0.3 is 24.6 Å². The molecule has 0 aliphatic rings. The number of aliphatic hydroxyl groups is 1. The molecule has 0 rings (SSSR count). The van der Waals surface area contributed by atoms with Crippen molar-refractivity contribution in [2.75, 3.05) is 20.3 Å². The molecule has 2 N–H and O–H groups in total. The van der Waals surface area contributed by atoms with E-state index in [2.05, 4.69) is 10.1 Å². The second-order valence-electron chi connectivity index (χ2n) is 3.48. The fraction of sp³-hybridized carbons (Fsp3) is 0.636. The maximum Gasteiger partial charge on any atom is 0.407 e. The van der Waals surface area contributed by atoms with Crippen LogP contribution in [-0.4, -0.2) is 47.3 Å². The van der Waals surface area contributed by atoms with Crippen LogP contribution in [-0.2, 0) is 19.0 Å². The highest BCUT2D eigenvalue weighted by Crippen LogP contribution is 2.35. The molecular weight excluding hydrogens is 348 g/mol. The van der Waals surface area contributed by atoms with Crippen LogP contribution >= 0.6 is 34.8 Å². The van der Waals surface area contributed by atoms with Crippen molar-refractivity contribution in [1.82, 2.24) is 5.32 Å². The van der Waals surface area contributed by atoms with E-state index in [-0.39, 0.29) is 13.2 Å². The average Bonchev–Trinajstić information content (AvgIpc) is 2.37.